The number of rotatable bonds is 3. The maximum absolute atomic E-state index is 5.13. The van der Waals surface area contributed by atoms with Crippen molar-refractivity contribution in [1.82, 2.24) is 14.8 Å². The monoisotopic (exact) mass is 217 g/mol. The fourth-order valence-electron chi connectivity index (χ4n) is 1.70. The van der Waals surface area contributed by atoms with Crippen LogP contribution in [0.3, 0.4) is 0 Å². The van der Waals surface area contributed by atoms with Gasteiger partial charge >= 0.3 is 0 Å². The molecule has 2 rings (SSSR count). The molecule has 0 aliphatic rings. The second-order valence-electron chi connectivity index (χ2n) is 3.55. The first-order valence-corrected chi connectivity index (χ1v) is 5.31. The van der Waals surface area contributed by atoms with Crippen molar-refractivity contribution in [3.63, 3.8) is 0 Å². The van der Waals surface area contributed by atoms with Gasteiger partial charge in [-0.1, -0.05) is 6.92 Å². The van der Waals surface area contributed by atoms with E-state index in [4.69, 9.17) is 4.74 Å². The lowest BCUT2D eigenvalue weighted by Gasteiger charge is -2.08. The Labute approximate surface area is 94.9 Å². The molecule has 16 heavy (non-hydrogen) atoms. The molecular formula is C12H15N3O. The Balaban J connectivity index is 2.45. The van der Waals surface area contributed by atoms with E-state index in [1.165, 1.54) is 0 Å². The van der Waals surface area contributed by atoms with Crippen molar-refractivity contribution in [1.29, 1.82) is 0 Å². The predicted octanol–water partition coefficient (Wildman–Crippen LogP) is 2.15. The summed E-state index contributed by atoms with van der Waals surface area (Å²) in [6.07, 6.45) is 0.868. The number of ether oxygens (including phenoxy) is 1. The summed E-state index contributed by atoms with van der Waals surface area (Å²) >= 11 is 0. The zero-order chi connectivity index (χ0) is 11.5. The van der Waals surface area contributed by atoms with E-state index in [0.717, 1.165) is 29.5 Å². The van der Waals surface area contributed by atoms with Gasteiger partial charge in [-0.25, -0.2) is 0 Å². The average molecular weight is 217 g/mol. The number of aromatic nitrogens is 3. The Morgan fingerprint density at radius 3 is 2.44 bits per heavy atom. The van der Waals surface area contributed by atoms with Gasteiger partial charge in [-0.15, -0.1) is 10.2 Å². The zero-order valence-electron chi connectivity index (χ0n) is 9.77. The molecule has 84 valence electrons. The first kappa shape index (κ1) is 10.7. The fraction of sp³-hybridized carbons (Fsp3) is 0.333. The van der Waals surface area contributed by atoms with E-state index >= 15 is 0 Å². The molecule has 4 heteroatoms. The van der Waals surface area contributed by atoms with E-state index in [1.54, 1.807) is 7.11 Å². The highest BCUT2D eigenvalue weighted by atomic mass is 16.5. The van der Waals surface area contributed by atoms with Gasteiger partial charge in [0.2, 0.25) is 0 Å². The van der Waals surface area contributed by atoms with Crippen molar-refractivity contribution < 1.29 is 4.74 Å². The van der Waals surface area contributed by atoms with Gasteiger partial charge < -0.3 is 4.74 Å². The van der Waals surface area contributed by atoms with Crippen LogP contribution in [0.2, 0.25) is 0 Å². The van der Waals surface area contributed by atoms with Gasteiger partial charge in [-0.05, 0) is 31.2 Å². The van der Waals surface area contributed by atoms with Gasteiger partial charge in [0.1, 0.15) is 17.4 Å². The summed E-state index contributed by atoms with van der Waals surface area (Å²) in [5.74, 6) is 2.73. The Morgan fingerprint density at radius 2 is 1.88 bits per heavy atom. The molecule has 0 aliphatic carbocycles. The number of hydrogen-bond acceptors (Lipinski definition) is 3. The molecule has 0 atom stereocenters. The third-order valence-corrected chi connectivity index (χ3v) is 2.54. The lowest BCUT2D eigenvalue weighted by Crippen LogP contribution is -2.01. The van der Waals surface area contributed by atoms with Crippen LogP contribution in [-0.4, -0.2) is 21.9 Å². The quantitative estimate of drug-likeness (QED) is 0.790. The van der Waals surface area contributed by atoms with Crippen LogP contribution in [0.15, 0.2) is 24.3 Å². The molecule has 0 spiro atoms. The number of nitrogens with zero attached hydrogens (tertiary/aromatic N) is 3. The minimum atomic E-state index is 0.854. The van der Waals surface area contributed by atoms with E-state index in [0.29, 0.717) is 0 Å². The third kappa shape index (κ3) is 1.78. The second-order valence-corrected chi connectivity index (χ2v) is 3.55. The molecule has 0 fully saturated rings. The van der Waals surface area contributed by atoms with Crippen LogP contribution >= 0.6 is 0 Å². The highest BCUT2D eigenvalue weighted by Gasteiger charge is 2.08. The van der Waals surface area contributed by atoms with Gasteiger partial charge in [0.05, 0.1) is 7.11 Å². The van der Waals surface area contributed by atoms with Crippen LogP contribution < -0.4 is 4.74 Å². The topological polar surface area (TPSA) is 39.9 Å². The van der Waals surface area contributed by atoms with Crippen molar-refractivity contribution in [2.45, 2.75) is 20.3 Å². The maximum Gasteiger partial charge on any atom is 0.137 e. The molecule has 0 N–H and O–H groups in total. The molecule has 0 aliphatic heterocycles. The van der Waals surface area contributed by atoms with E-state index in [1.807, 2.05) is 31.2 Å². The Hall–Kier alpha value is -1.84. The van der Waals surface area contributed by atoms with Crippen molar-refractivity contribution in [3.8, 4) is 11.4 Å². The van der Waals surface area contributed by atoms with Crippen molar-refractivity contribution in [2.75, 3.05) is 7.11 Å². The summed E-state index contributed by atoms with van der Waals surface area (Å²) in [6, 6.07) is 7.89. The minimum absolute atomic E-state index is 0.854. The standard InChI is InChI=1S/C12H15N3O/c1-4-12-14-13-9(2)15(12)10-5-7-11(16-3)8-6-10/h5-8H,4H2,1-3H3. The van der Waals surface area contributed by atoms with Crippen LogP contribution in [0.25, 0.3) is 5.69 Å². The summed E-state index contributed by atoms with van der Waals surface area (Å²) < 4.78 is 7.19. The number of methoxy groups -OCH3 is 1. The summed E-state index contributed by atoms with van der Waals surface area (Å²) in [5, 5.41) is 8.22. The van der Waals surface area contributed by atoms with Crippen LogP contribution in [0.4, 0.5) is 0 Å². The van der Waals surface area contributed by atoms with Crippen molar-refractivity contribution in [3.05, 3.63) is 35.9 Å². The van der Waals surface area contributed by atoms with Crippen LogP contribution in [0.5, 0.6) is 5.75 Å². The molecule has 1 aromatic carbocycles. The molecule has 0 unspecified atom stereocenters. The molecular weight excluding hydrogens is 202 g/mol. The number of benzene rings is 1. The molecule has 0 bridgehead atoms. The van der Waals surface area contributed by atoms with Crippen molar-refractivity contribution >= 4 is 0 Å². The van der Waals surface area contributed by atoms with E-state index in [2.05, 4.69) is 21.7 Å². The minimum Gasteiger partial charge on any atom is -0.497 e. The summed E-state index contributed by atoms with van der Waals surface area (Å²) in [7, 11) is 1.66. The molecule has 2 aromatic rings. The van der Waals surface area contributed by atoms with E-state index < -0.39 is 0 Å². The highest BCUT2D eigenvalue weighted by molar-refractivity contribution is 5.39. The summed E-state index contributed by atoms with van der Waals surface area (Å²) in [5.41, 5.74) is 1.07. The zero-order valence-corrected chi connectivity index (χ0v) is 9.77. The molecule has 0 saturated heterocycles. The molecule has 4 nitrogen and oxygen atoms in total. The molecule has 1 heterocycles. The normalized spacial score (nSPS) is 10.4. The fourth-order valence-corrected chi connectivity index (χ4v) is 1.70. The maximum atomic E-state index is 5.13. The summed E-state index contributed by atoms with van der Waals surface area (Å²) in [6.45, 7) is 4.03. The van der Waals surface area contributed by atoms with Gasteiger partial charge in [0.25, 0.3) is 0 Å². The van der Waals surface area contributed by atoms with Crippen LogP contribution in [-0.2, 0) is 6.42 Å². The number of hydrogen-bond donors (Lipinski definition) is 0. The molecule has 0 amide bonds. The first-order chi connectivity index (χ1) is 7.76. The Kier molecular flexibility index (Phi) is 2.90. The van der Waals surface area contributed by atoms with Crippen molar-refractivity contribution in [2.24, 2.45) is 0 Å². The van der Waals surface area contributed by atoms with E-state index in [9.17, 15) is 0 Å². The second kappa shape index (κ2) is 4.35. The number of aryl methyl sites for hydroxylation is 2. The van der Waals surface area contributed by atoms with Gasteiger partial charge in [0.15, 0.2) is 0 Å². The Bertz CT molecular complexity index is 474. The lowest BCUT2D eigenvalue weighted by molar-refractivity contribution is 0.414. The van der Waals surface area contributed by atoms with Crippen LogP contribution in [0.1, 0.15) is 18.6 Å². The largest absolute Gasteiger partial charge is 0.497 e. The van der Waals surface area contributed by atoms with Gasteiger partial charge in [-0.2, -0.15) is 0 Å². The molecule has 1 aromatic heterocycles. The first-order valence-electron chi connectivity index (χ1n) is 5.31. The average Bonchev–Trinajstić information content (AvgIpc) is 2.70. The molecule has 0 radical (unpaired) electrons. The van der Waals surface area contributed by atoms with Gasteiger partial charge in [-0.3, -0.25) is 4.57 Å². The van der Waals surface area contributed by atoms with E-state index in [-0.39, 0.29) is 0 Å². The summed E-state index contributed by atoms with van der Waals surface area (Å²) in [4.78, 5) is 0. The third-order valence-electron chi connectivity index (χ3n) is 2.54. The van der Waals surface area contributed by atoms with Crippen LogP contribution in [0, 0.1) is 6.92 Å². The predicted molar refractivity (Wildman–Crippen MR) is 62.0 cm³/mol. The SMILES string of the molecule is CCc1nnc(C)n1-c1ccc(OC)cc1. The lowest BCUT2D eigenvalue weighted by atomic mass is 10.3. The Morgan fingerprint density at radius 1 is 1.19 bits per heavy atom. The highest BCUT2D eigenvalue weighted by Crippen LogP contribution is 2.17. The smallest absolute Gasteiger partial charge is 0.137 e. The van der Waals surface area contributed by atoms with Gasteiger partial charge in [0, 0.05) is 12.1 Å². The molecule has 0 saturated carbocycles.